The topological polar surface area (TPSA) is 26.3 Å². The van der Waals surface area contributed by atoms with Gasteiger partial charge in [-0.2, -0.15) is 0 Å². The Balaban J connectivity index is 0.00000180. The van der Waals surface area contributed by atoms with Crippen LogP contribution in [0.15, 0.2) is 60.7 Å². The van der Waals surface area contributed by atoms with E-state index >= 15 is 0 Å². The van der Waals surface area contributed by atoms with Gasteiger partial charge in [0.1, 0.15) is 11.9 Å². The minimum absolute atomic E-state index is 0. The van der Waals surface area contributed by atoms with Gasteiger partial charge in [0, 0.05) is 0 Å². The number of halogens is 2. The zero-order valence-electron chi connectivity index (χ0n) is 9.35. The van der Waals surface area contributed by atoms with Crippen LogP contribution >= 0.6 is 23.5 Å². The van der Waals surface area contributed by atoms with Gasteiger partial charge in [0.15, 0.2) is 4.87 Å². The fourth-order valence-electron chi connectivity index (χ4n) is 1.79. The first-order chi connectivity index (χ1) is 8.69. The first-order valence-corrected chi connectivity index (χ1v) is 6.01. The van der Waals surface area contributed by atoms with Gasteiger partial charge in [0.05, 0.1) is 0 Å². The van der Waals surface area contributed by atoms with Crippen molar-refractivity contribution in [3.05, 3.63) is 71.8 Å². The van der Waals surface area contributed by atoms with Gasteiger partial charge < -0.3 is 4.29 Å². The van der Waals surface area contributed by atoms with E-state index in [-0.39, 0.29) is 23.1 Å². The molecule has 0 unspecified atom stereocenters. The van der Waals surface area contributed by atoms with Crippen molar-refractivity contribution in [1.29, 1.82) is 0 Å². The summed E-state index contributed by atoms with van der Waals surface area (Å²) in [5.41, 5.74) is 1.23. The van der Waals surface area contributed by atoms with E-state index in [1.165, 1.54) is 0 Å². The summed E-state index contributed by atoms with van der Waals surface area (Å²) in [6, 6.07) is 17.9. The maximum atomic E-state index is 11.9. The minimum atomic E-state index is -1.43. The van der Waals surface area contributed by atoms with Crippen molar-refractivity contribution in [2.45, 2.75) is 4.87 Å². The van der Waals surface area contributed by atoms with Crippen LogP contribution in [0.5, 0.6) is 0 Å². The highest BCUT2D eigenvalue weighted by Crippen LogP contribution is 2.38. The zero-order chi connectivity index (χ0) is 13.0. The molecule has 2 aromatic carbocycles. The van der Waals surface area contributed by atoms with Crippen molar-refractivity contribution in [3.8, 4) is 0 Å². The van der Waals surface area contributed by atoms with E-state index in [0.29, 0.717) is 11.1 Å². The van der Waals surface area contributed by atoms with Crippen LogP contribution in [0.3, 0.4) is 0 Å². The first kappa shape index (κ1) is 16.3. The standard InChI is InChI=1S/C14H10Cl2O2.Mg.2H/c15-14(13(17)18-16,11-7-3-1-4-8-11)12-9-5-2-6-10-12;;;/h1-10H;;;. The second-order valence-electron chi connectivity index (χ2n) is 3.76. The van der Waals surface area contributed by atoms with E-state index in [0.717, 1.165) is 0 Å². The van der Waals surface area contributed by atoms with Gasteiger partial charge in [0.2, 0.25) is 0 Å². The third-order valence-electron chi connectivity index (χ3n) is 2.69. The fourth-order valence-corrected chi connectivity index (χ4v) is 2.24. The lowest BCUT2D eigenvalue weighted by Crippen LogP contribution is -2.31. The van der Waals surface area contributed by atoms with Gasteiger partial charge in [-0.25, -0.2) is 4.79 Å². The number of hydrogen-bond donors (Lipinski definition) is 0. The van der Waals surface area contributed by atoms with Crippen molar-refractivity contribution >= 4 is 52.5 Å². The highest BCUT2D eigenvalue weighted by Gasteiger charge is 2.41. The molecule has 0 aromatic heterocycles. The molecule has 0 atom stereocenters. The molecule has 0 spiro atoms. The average Bonchev–Trinajstić information content (AvgIpc) is 2.47. The molecule has 0 radical (unpaired) electrons. The Morgan fingerprint density at radius 1 is 0.895 bits per heavy atom. The summed E-state index contributed by atoms with van der Waals surface area (Å²) in [5.74, 6) is -0.719. The predicted molar refractivity (Wildman–Crippen MR) is 80.0 cm³/mol. The molecular weight excluding hydrogens is 295 g/mol. The SMILES string of the molecule is O=C(OCl)C(Cl)(c1ccccc1)c1ccccc1.[MgH2]. The molecule has 0 aliphatic rings. The summed E-state index contributed by atoms with van der Waals surface area (Å²) in [6.07, 6.45) is 0. The highest BCUT2D eigenvalue weighted by molar-refractivity contribution is 6.37. The van der Waals surface area contributed by atoms with E-state index in [1.807, 2.05) is 12.1 Å². The molecule has 2 rings (SSSR count). The molecular formula is C14H12Cl2MgO2. The molecule has 2 nitrogen and oxygen atoms in total. The molecule has 0 heterocycles. The molecule has 0 aliphatic carbocycles. The van der Waals surface area contributed by atoms with Crippen LogP contribution in [0.1, 0.15) is 11.1 Å². The van der Waals surface area contributed by atoms with E-state index in [4.69, 9.17) is 23.5 Å². The molecule has 0 aliphatic heterocycles. The number of rotatable bonds is 3. The molecule has 19 heavy (non-hydrogen) atoms. The van der Waals surface area contributed by atoms with Gasteiger partial charge >= 0.3 is 29.0 Å². The lowest BCUT2D eigenvalue weighted by atomic mass is 9.90. The van der Waals surface area contributed by atoms with Crippen LogP contribution in [0, 0.1) is 0 Å². The van der Waals surface area contributed by atoms with Crippen molar-refractivity contribution in [3.63, 3.8) is 0 Å². The third kappa shape index (κ3) is 3.23. The normalized spacial score (nSPS) is 10.4. The Hall–Kier alpha value is -0.744. The second kappa shape index (κ2) is 7.15. The lowest BCUT2D eigenvalue weighted by molar-refractivity contribution is -0.136. The molecule has 0 fully saturated rings. The Morgan fingerprint density at radius 2 is 1.26 bits per heavy atom. The summed E-state index contributed by atoms with van der Waals surface area (Å²) >= 11 is 11.7. The smallest absolute Gasteiger partial charge is 0.345 e. The predicted octanol–water partition coefficient (Wildman–Crippen LogP) is 2.95. The van der Waals surface area contributed by atoms with Crippen LogP contribution in [-0.4, -0.2) is 29.0 Å². The number of alkyl halides is 1. The molecule has 96 valence electrons. The average molecular weight is 307 g/mol. The summed E-state index contributed by atoms with van der Waals surface area (Å²) in [4.78, 5) is 10.5. The van der Waals surface area contributed by atoms with E-state index < -0.39 is 10.8 Å². The van der Waals surface area contributed by atoms with Crippen molar-refractivity contribution < 1.29 is 9.08 Å². The highest BCUT2D eigenvalue weighted by atomic mass is 35.5. The first-order valence-electron chi connectivity index (χ1n) is 5.32. The van der Waals surface area contributed by atoms with E-state index in [9.17, 15) is 4.79 Å². The van der Waals surface area contributed by atoms with Crippen LogP contribution in [-0.2, 0) is 14.0 Å². The van der Waals surface area contributed by atoms with E-state index in [2.05, 4.69) is 4.29 Å². The van der Waals surface area contributed by atoms with Crippen molar-refractivity contribution in [1.82, 2.24) is 0 Å². The summed E-state index contributed by atoms with van der Waals surface area (Å²) in [5, 5.41) is 0. The Kier molecular flexibility index (Phi) is 6.14. The number of carbonyl (C=O) groups excluding carboxylic acids is 1. The second-order valence-corrected chi connectivity index (χ2v) is 4.48. The van der Waals surface area contributed by atoms with E-state index in [1.54, 1.807) is 48.5 Å². The Morgan fingerprint density at radius 3 is 1.58 bits per heavy atom. The molecule has 0 saturated carbocycles. The van der Waals surface area contributed by atoms with Crippen molar-refractivity contribution in [2.24, 2.45) is 0 Å². The maximum absolute atomic E-state index is 11.9. The third-order valence-corrected chi connectivity index (χ3v) is 3.43. The van der Waals surface area contributed by atoms with Gasteiger partial charge in [-0.15, -0.1) is 0 Å². The Bertz CT molecular complexity index is 492. The monoisotopic (exact) mass is 306 g/mol. The summed E-state index contributed by atoms with van der Waals surface area (Å²) in [7, 11) is 0. The van der Waals surface area contributed by atoms with Crippen molar-refractivity contribution in [2.75, 3.05) is 0 Å². The Labute approximate surface area is 138 Å². The van der Waals surface area contributed by atoms with Gasteiger partial charge in [-0.3, -0.25) is 0 Å². The van der Waals surface area contributed by atoms with Gasteiger partial charge in [0.25, 0.3) is 0 Å². The molecule has 0 N–H and O–H groups in total. The number of hydrogen-bond acceptors (Lipinski definition) is 2. The molecule has 0 bridgehead atoms. The largest absolute Gasteiger partial charge is 0.354 e. The molecule has 5 heteroatoms. The maximum Gasteiger partial charge on any atom is 0.354 e. The molecule has 0 saturated heterocycles. The lowest BCUT2D eigenvalue weighted by Gasteiger charge is -2.24. The number of benzene rings is 2. The van der Waals surface area contributed by atoms with Crippen LogP contribution < -0.4 is 0 Å². The van der Waals surface area contributed by atoms with Crippen LogP contribution in [0.2, 0.25) is 0 Å². The van der Waals surface area contributed by atoms with Crippen LogP contribution in [0.25, 0.3) is 0 Å². The van der Waals surface area contributed by atoms with Crippen LogP contribution in [0.4, 0.5) is 0 Å². The fraction of sp³-hybridized carbons (Fsp3) is 0.0714. The minimum Gasteiger partial charge on any atom is -0.345 e. The number of carbonyl (C=O) groups is 1. The molecule has 2 aromatic rings. The summed E-state index contributed by atoms with van der Waals surface area (Å²) in [6.45, 7) is 0. The quantitative estimate of drug-likeness (QED) is 0.644. The zero-order valence-corrected chi connectivity index (χ0v) is 10.9. The summed E-state index contributed by atoms with van der Waals surface area (Å²) < 4.78 is 4.33. The van der Waals surface area contributed by atoms with Gasteiger partial charge in [-0.05, 0) is 11.1 Å². The molecule has 0 amide bonds. The van der Waals surface area contributed by atoms with Gasteiger partial charge in [-0.1, -0.05) is 72.3 Å².